The predicted octanol–water partition coefficient (Wildman–Crippen LogP) is 2.65. The smallest absolute Gasteiger partial charge is 0.259 e. The Balaban J connectivity index is 1.33. The SMILES string of the molecule is Cc1nc(CO[C@@H]2CCOC3(C2)CN(C(=O)c2c(C)noc2C)C3)cs1. The van der Waals surface area contributed by atoms with Crippen LogP contribution in [-0.2, 0) is 16.1 Å². The van der Waals surface area contributed by atoms with Gasteiger partial charge in [0.15, 0.2) is 0 Å². The summed E-state index contributed by atoms with van der Waals surface area (Å²) in [6, 6.07) is 0. The van der Waals surface area contributed by atoms with Crippen LogP contribution in [0, 0.1) is 20.8 Å². The van der Waals surface area contributed by atoms with Crippen LogP contribution < -0.4 is 0 Å². The molecule has 0 aromatic carbocycles. The van der Waals surface area contributed by atoms with Crippen LogP contribution in [0.2, 0.25) is 0 Å². The Morgan fingerprint density at radius 2 is 2.23 bits per heavy atom. The van der Waals surface area contributed by atoms with Crippen LogP contribution in [0.5, 0.6) is 0 Å². The van der Waals surface area contributed by atoms with Crippen molar-refractivity contribution in [1.82, 2.24) is 15.0 Å². The van der Waals surface area contributed by atoms with Crippen molar-refractivity contribution >= 4 is 17.2 Å². The molecule has 2 aliphatic rings. The maximum atomic E-state index is 12.7. The number of amides is 1. The van der Waals surface area contributed by atoms with E-state index in [0.29, 0.717) is 43.3 Å². The molecule has 2 aromatic rings. The first-order valence-electron chi connectivity index (χ1n) is 8.84. The summed E-state index contributed by atoms with van der Waals surface area (Å²) in [5.41, 5.74) is 1.91. The number of aromatic nitrogens is 2. The third kappa shape index (κ3) is 3.28. The largest absolute Gasteiger partial charge is 0.372 e. The van der Waals surface area contributed by atoms with Crippen molar-refractivity contribution in [1.29, 1.82) is 0 Å². The summed E-state index contributed by atoms with van der Waals surface area (Å²) < 4.78 is 17.2. The van der Waals surface area contributed by atoms with Crippen LogP contribution in [0.25, 0.3) is 0 Å². The van der Waals surface area contributed by atoms with E-state index in [1.54, 1.807) is 30.1 Å². The van der Waals surface area contributed by atoms with Crippen LogP contribution in [-0.4, -0.2) is 52.3 Å². The molecular weight excluding hydrogens is 354 g/mol. The number of hydrogen-bond donors (Lipinski definition) is 0. The maximum Gasteiger partial charge on any atom is 0.259 e. The Bertz CT molecular complexity index is 790. The molecule has 1 atom stereocenters. The zero-order valence-corrected chi connectivity index (χ0v) is 16.1. The van der Waals surface area contributed by atoms with Gasteiger partial charge >= 0.3 is 0 Å². The molecule has 0 saturated carbocycles. The summed E-state index contributed by atoms with van der Waals surface area (Å²) in [7, 11) is 0. The average molecular weight is 377 g/mol. The standard InChI is InChI=1S/C18H23N3O4S/c1-11-16(12(2)25-20-11)17(22)21-9-18(10-21)6-15(4-5-24-18)23-7-14-8-26-13(3)19-14/h8,15H,4-7,9-10H2,1-3H3/t15-/m1/s1. The Morgan fingerprint density at radius 1 is 1.42 bits per heavy atom. The summed E-state index contributed by atoms with van der Waals surface area (Å²) in [6.07, 6.45) is 1.83. The summed E-state index contributed by atoms with van der Waals surface area (Å²) in [5.74, 6) is 0.536. The maximum absolute atomic E-state index is 12.7. The van der Waals surface area contributed by atoms with Gasteiger partial charge in [0.2, 0.25) is 0 Å². The van der Waals surface area contributed by atoms with Crippen molar-refractivity contribution in [2.24, 2.45) is 0 Å². The van der Waals surface area contributed by atoms with Crippen LogP contribution in [0.15, 0.2) is 9.90 Å². The fourth-order valence-corrected chi connectivity index (χ4v) is 4.36. The molecule has 0 radical (unpaired) electrons. The number of hydrogen-bond acceptors (Lipinski definition) is 7. The lowest BCUT2D eigenvalue weighted by atomic mass is 9.84. The second kappa shape index (κ2) is 6.75. The molecule has 0 aliphatic carbocycles. The molecule has 2 saturated heterocycles. The van der Waals surface area contributed by atoms with Gasteiger partial charge < -0.3 is 18.9 Å². The number of ether oxygens (including phenoxy) is 2. The molecule has 4 rings (SSSR count). The van der Waals surface area contributed by atoms with E-state index in [4.69, 9.17) is 14.0 Å². The molecule has 1 amide bonds. The minimum absolute atomic E-state index is 0.0311. The molecule has 0 unspecified atom stereocenters. The predicted molar refractivity (Wildman–Crippen MR) is 95.2 cm³/mol. The highest BCUT2D eigenvalue weighted by Crippen LogP contribution is 2.36. The summed E-state index contributed by atoms with van der Waals surface area (Å²) in [5, 5.41) is 6.96. The van der Waals surface area contributed by atoms with Crippen LogP contribution in [0.4, 0.5) is 0 Å². The van der Waals surface area contributed by atoms with Crippen molar-refractivity contribution in [3.8, 4) is 0 Å². The van der Waals surface area contributed by atoms with Gasteiger partial charge in [0.1, 0.15) is 16.9 Å². The van der Waals surface area contributed by atoms with Gasteiger partial charge in [-0.25, -0.2) is 4.98 Å². The van der Waals surface area contributed by atoms with Gasteiger partial charge in [-0.15, -0.1) is 11.3 Å². The van der Waals surface area contributed by atoms with Gasteiger partial charge in [-0.2, -0.15) is 0 Å². The molecule has 1 spiro atoms. The third-order valence-electron chi connectivity index (χ3n) is 5.07. The number of rotatable bonds is 4. The highest BCUT2D eigenvalue weighted by atomic mass is 32.1. The molecule has 4 heterocycles. The molecule has 2 aliphatic heterocycles. The van der Waals surface area contributed by atoms with E-state index in [2.05, 4.69) is 10.1 Å². The van der Waals surface area contributed by atoms with Gasteiger partial charge in [0.05, 0.1) is 42.2 Å². The Labute approximate surface area is 156 Å². The first kappa shape index (κ1) is 17.6. The number of likely N-dealkylation sites (tertiary alicyclic amines) is 1. The minimum atomic E-state index is -0.282. The van der Waals surface area contributed by atoms with Crippen LogP contribution >= 0.6 is 11.3 Å². The quantitative estimate of drug-likeness (QED) is 0.815. The lowest BCUT2D eigenvalue weighted by molar-refractivity contribution is -0.188. The Kier molecular flexibility index (Phi) is 4.58. The zero-order valence-electron chi connectivity index (χ0n) is 15.3. The van der Waals surface area contributed by atoms with Gasteiger partial charge in [-0.05, 0) is 27.2 Å². The van der Waals surface area contributed by atoms with Crippen molar-refractivity contribution in [3.05, 3.63) is 33.1 Å². The second-order valence-electron chi connectivity index (χ2n) is 7.18. The van der Waals surface area contributed by atoms with Gasteiger partial charge in [-0.1, -0.05) is 5.16 Å². The van der Waals surface area contributed by atoms with Gasteiger partial charge in [0.25, 0.3) is 5.91 Å². The number of aryl methyl sites for hydroxylation is 3. The normalized spacial score (nSPS) is 21.8. The van der Waals surface area contributed by atoms with E-state index in [1.165, 1.54) is 0 Å². The van der Waals surface area contributed by atoms with E-state index in [9.17, 15) is 4.79 Å². The van der Waals surface area contributed by atoms with Crippen molar-refractivity contribution in [3.63, 3.8) is 0 Å². The molecule has 2 aromatic heterocycles. The lowest BCUT2D eigenvalue weighted by Gasteiger charge is -2.52. The second-order valence-corrected chi connectivity index (χ2v) is 8.24. The molecule has 7 nitrogen and oxygen atoms in total. The molecule has 8 heteroatoms. The average Bonchev–Trinajstić information content (AvgIpc) is 3.15. The van der Waals surface area contributed by atoms with Crippen molar-refractivity contribution < 1.29 is 18.8 Å². The zero-order chi connectivity index (χ0) is 18.3. The van der Waals surface area contributed by atoms with E-state index in [1.807, 2.05) is 12.3 Å². The van der Waals surface area contributed by atoms with Gasteiger partial charge in [-0.3, -0.25) is 4.79 Å². The number of nitrogens with zero attached hydrogens (tertiary/aromatic N) is 3. The van der Waals surface area contributed by atoms with Crippen LogP contribution in [0.3, 0.4) is 0 Å². The van der Waals surface area contributed by atoms with Crippen molar-refractivity contribution in [2.45, 2.75) is 51.9 Å². The third-order valence-corrected chi connectivity index (χ3v) is 5.90. The first-order chi connectivity index (χ1) is 12.5. The van der Waals surface area contributed by atoms with Crippen molar-refractivity contribution in [2.75, 3.05) is 19.7 Å². The van der Waals surface area contributed by atoms with Gasteiger partial charge in [0, 0.05) is 18.4 Å². The minimum Gasteiger partial charge on any atom is -0.372 e. The lowest BCUT2D eigenvalue weighted by Crippen LogP contribution is -2.67. The number of carbonyl (C=O) groups excluding carboxylic acids is 1. The Morgan fingerprint density at radius 3 is 2.88 bits per heavy atom. The monoisotopic (exact) mass is 377 g/mol. The number of carbonyl (C=O) groups is 1. The molecular formula is C18H23N3O4S. The number of thiazole rings is 1. The Hall–Kier alpha value is -1.77. The van der Waals surface area contributed by atoms with E-state index < -0.39 is 0 Å². The van der Waals surface area contributed by atoms with E-state index in [-0.39, 0.29) is 17.6 Å². The molecule has 26 heavy (non-hydrogen) atoms. The highest BCUT2D eigenvalue weighted by molar-refractivity contribution is 7.09. The fraction of sp³-hybridized carbons (Fsp3) is 0.611. The molecule has 140 valence electrons. The molecule has 2 fully saturated rings. The summed E-state index contributed by atoms with van der Waals surface area (Å²) >= 11 is 1.64. The van der Waals surface area contributed by atoms with E-state index in [0.717, 1.165) is 23.5 Å². The van der Waals surface area contributed by atoms with Crippen LogP contribution in [0.1, 0.15) is 45.4 Å². The molecule has 0 N–H and O–H groups in total. The molecule has 0 bridgehead atoms. The summed E-state index contributed by atoms with van der Waals surface area (Å²) in [4.78, 5) is 18.9. The topological polar surface area (TPSA) is 77.7 Å². The summed E-state index contributed by atoms with van der Waals surface area (Å²) in [6.45, 7) is 7.93. The first-order valence-corrected chi connectivity index (χ1v) is 9.72. The highest BCUT2D eigenvalue weighted by Gasteiger charge is 2.50. The fourth-order valence-electron chi connectivity index (χ4n) is 3.76. The van der Waals surface area contributed by atoms with E-state index >= 15 is 0 Å².